The van der Waals surface area contributed by atoms with Crippen molar-refractivity contribution in [2.24, 2.45) is 5.73 Å². The Kier molecular flexibility index (Phi) is 5.10. The molecule has 0 radical (unpaired) electrons. The monoisotopic (exact) mass is 240 g/mol. The van der Waals surface area contributed by atoms with Crippen molar-refractivity contribution in [3.63, 3.8) is 0 Å². The summed E-state index contributed by atoms with van der Waals surface area (Å²) in [4.78, 5) is 2.32. The SMILES string of the molecule is CCCN(CC)c1ccc(C(C)N)c(Cl)c1. The number of rotatable bonds is 5. The summed E-state index contributed by atoms with van der Waals surface area (Å²) in [7, 11) is 0. The Morgan fingerprint density at radius 1 is 1.38 bits per heavy atom. The highest BCUT2D eigenvalue weighted by Crippen LogP contribution is 2.27. The second-order valence-electron chi connectivity index (χ2n) is 4.07. The maximum Gasteiger partial charge on any atom is 0.0474 e. The third-order valence-electron chi connectivity index (χ3n) is 2.71. The van der Waals surface area contributed by atoms with Crippen molar-refractivity contribution in [2.75, 3.05) is 18.0 Å². The molecule has 0 aliphatic rings. The van der Waals surface area contributed by atoms with Gasteiger partial charge in [-0.25, -0.2) is 0 Å². The molecule has 0 saturated heterocycles. The molecular weight excluding hydrogens is 220 g/mol. The average molecular weight is 241 g/mol. The van der Waals surface area contributed by atoms with E-state index in [1.807, 2.05) is 19.1 Å². The molecule has 0 heterocycles. The van der Waals surface area contributed by atoms with E-state index >= 15 is 0 Å². The maximum absolute atomic E-state index is 6.22. The van der Waals surface area contributed by atoms with Gasteiger partial charge in [0.2, 0.25) is 0 Å². The van der Waals surface area contributed by atoms with Crippen molar-refractivity contribution in [1.82, 2.24) is 0 Å². The fourth-order valence-electron chi connectivity index (χ4n) is 1.82. The topological polar surface area (TPSA) is 29.3 Å². The van der Waals surface area contributed by atoms with Crippen LogP contribution in [0.4, 0.5) is 5.69 Å². The third kappa shape index (κ3) is 3.13. The fraction of sp³-hybridized carbons (Fsp3) is 0.538. The Balaban J connectivity index is 2.95. The minimum absolute atomic E-state index is 0.0113. The molecule has 2 N–H and O–H groups in total. The number of halogens is 1. The van der Waals surface area contributed by atoms with E-state index in [1.165, 1.54) is 5.69 Å². The van der Waals surface area contributed by atoms with Crippen LogP contribution in [0.5, 0.6) is 0 Å². The lowest BCUT2D eigenvalue weighted by molar-refractivity contribution is 0.788. The molecule has 1 unspecified atom stereocenters. The van der Waals surface area contributed by atoms with Gasteiger partial charge < -0.3 is 10.6 Å². The van der Waals surface area contributed by atoms with E-state index in [4.69, 9.17) is 17.3 Å². The van der Waals surface area contributed by atoms with Crippen LogP contribution in [0.25, 0.3) is 0 Å². The molecule has 0 saturated carbocycles. The lowest BCUT2D eigenvalue weighted by atomic mass is 10.1. The van der Waals surface area contributed by atoms with E-state index < -0.39 is 0 Å². The minimum Gasteiger partial charge on any atom is -0.372 e. The fourth-order valence-corrected chi connectivity index (χ4v) is 2.17. The minimum atomic E-state index is -0.0113. The van der Waals surface area contributed by atoms with Crippen LogP contribution in [0.15, 0.2) is 18.2 Å². The summed E-state index contributed by atoms with van der Waals surface area (Å²) in [6, 6.07) is 6.13. The molecule has 0 spiro atoms. The third-order valence-corrected chi connectivity index (χ3v) is 3.04. The van der Waals surface area contributed by atoms with Crippen molar-refractivity contribution in [1.29, 1.82) is 0 Å². The van der Waals surface area contributed by atoms with E-state index in [2.05, 4.69) is 24.8 Å². The first-order valence-electron chi connectivity index (χ1n) is 5.90. The summed E-state index contributed by atoms with van der Waals surface area (Å²) in [5.41, 5.74) is 8.03. The molecule has 1 atom stereocenters. The number of nitrogens with two attached hydrogens (primary N) is 1. The van der Waals surface area contributed by atoms with Gasteiger partial charge in [-0.2, -0.15) is 0 Å². The second-order valence-corrected chi connectivity index (χ2v) is 4.48. The molecule has 0 aliphatic carbocycles. The zero-order valence-corrected chi connectivity index (χ0v) is 11.1. The zero-order valence-electron chi connectivity index (χ0n) is 10.3. The van der Waals surface area contributed by atoms with Gasteiger partial charge in [0, 0.05) is 29.8 Å². The predicted octanol–water partition coefficient (Wildman–Crippen LogP) is 3.60. The van der Waals surface area contributed by atoms with Gasteiger partial charge in [-0.1, -0.05) is 24.6 Å². The molecule has 0 aromatic heterocycles. The second kappa shape index (κ2) is 6.12. The summed E-state index contributed by atoms with van der Waals surface area (Å²) >= 11 is 6.22. The molecule has 1 rings (SSSR count). The smallest absolute Gasteiger partial charge is 0.0474 e. The van der Waals surface area contributed by atoms with Crippen LogP contribution in [0, 0.1) is 0 Å². The molecule has 0 fully saturated rings. The highest BCUT2D eigenvalue weighted by atomic mass is 35.5. The Labute approximate surface area is 103 Å². The van der Waals surface area contributed by atoms with E-state index in [9.17, 15) is 0 Å². The number of benzene rings is 1. The lowest BCUT2D eigenvalue weighted by Gasteiger charge is -2.23. The van der Waals surface area contributed by atoms with Gasteiger partial charge in [0.1, 0.15) is 0 Å². The lowest BCUT2D eigenvalue weighted by Crippen LogP contribution is -2.23. The maximum atomic E-state index is 6.22. The van der Waals surface area contributed by atoms with Gasteiger partial charge in [0.15, 0.2) is 0 Å². The normalized spacial score (nSPS) is 12.6. The molecular formula is C13H21ClN2. The predicted molar refractivity (Wildman–Crippen MR) is 72.2 cm³/mol. The molecule has 2 nitrogen and oxygen atoms in total. The molecule has 1 aromatic rings. The molecule has 0 aliphatic heterocycles. The van der Waals surface area contributed by atoms with Crippen LogP contribution in [-0.2, 0) is 0 Å². The van der Waals surface area contributed by atoms with Gasteiger partial charge in [-0.3, -0.25) is 0 Å². The number of anilines is 1. The number of hydrogen-bond acceptors (Lipinski definition) is 2. The van der Waals surface area contributed by atoms with Crippen molar-refractivity contribution >= 4 is 17.3 Å². The summed E-state index contributed by atoms with van der Waals surface area (Å²) < 4.78 is 0. The summed E-state index contributed by atoms with van der Waals surface area (Å²) in [6.45, 7) is 8.35. The summed E-state index contributed by atoms with van der Waals surface area (Å²) in [5.74, 6) is 0. The zero-order chi connectivity index (χ0) is 12.1. The van der Waals surface area contributed by atoms with Crippen LogP contribution in [0.1, 0.15) is 38.8 Å². The van der Waals surface area contributed by atoms with E-state index in [0.717, 1.165) is 30.1 Å². The quantitative estimate of drug-likeness (QED) is 0.852. The largest absolute Gasteiger partial charge is 0.372 e. The summed E-state index contributed by atoms with van der Waals surface area (Å²) in [6.07, 6.45) is 1.14. The Morgan fingerprint density at radius 3 is 2.50 bits per heavy atom. The molecule has 3 heteroatoms. The first-order valence-corrected chi connectivity index (χ1v) is 6.27. The average Bonchev–Trinajstić information content (AvgIpc) is 2.25. The molecule has 90 valence electrons. The van der Waals surface area contributed by atoms with Crippen LogP contribution in [0.3, 0.4) is 0 Å². The highest BCUT2D eigenvalue weighted by molar-refractivity contribution is 6.31. The van der Waals surface area contributed by atoms with Crippen molar-refractivity contribution in [3.8, 4) is 0 Å². The van der Waals surface area contributed by atoms with Crippen LogP contribution < -0.4 is 10.6 Å². The standard InChI is InChI=1S/C13H21ClN2/c1-4-8-16(5-2)11-6-7-12(10(3)15)13(14)9-11/h6-7,9-10H,4-5,8,15H2,1-3H3. The van der Waals surface area contributed by atoms with E-state index in [0.29, 0.717) is 0 Å². The first kappa shape index (κ1) is 13.3. The Hall–Kier alpha value is -0.730. The highest BCUT2D eigenvalue weighted by Gasteiger charge is 2.09. The Bertz CT molecular complexity index is 337. The molecule has 1 aromatic carbocycles. The number of hydrogen-bond donors (Lipinski definition) is 1. The molecule has 0 amide bonds. The summed E-state index contributed by atoms with van der Waals surface area (Å²) in [5, 5.41) is 0.766. The van der Waals surface area contributed by atoms with Crippen LogP contribution in [0.2, 0.25) is 5.02 Å². The Morgan fingerprint density at radius 2 is 2.06 bits per heavy atom. The van der Waals surface area contributed by atoms with Gasteiger partial charge in [-0.15, -0.1) is 0 Å². The van der Waals surface area contributed by atoms with E-state index in [-0.39, 0.29) is 6.04 Å². The molecule has 0 bridgehead atoms. The van der Waals surface area contributed by atoms with Crippen molar-refractivity contribution in [3.05, 3.63) is 28.8 Å². The van der Waals surface area contributed by atoms with Crippen LogP contribution >= 0.6 is 11.6 Å². The number of nitrogens with zero attached hydrogens (tertiary/aromatic N) is 1. The van der Waals surface area contributed by atoms with Crippen LogP contribution in [-0.4, -0.2) is 13.1 Å². The van der Waals surface area contributed by atoms with Gasteiger partial charge in [0.25, 0.3) is 0 Å². The van der Waals surface area contributed by atoms with Gasteiger partial charge >= 0.3 is 0 Å². The van der Waals surface area contributed by atoms with E-state index in [1.54, 1.807) is 0 Å². The van der Waals surface area contributed by atoms with Gasteiger partial charge in [0.05, 0.1) is 0 Å². The van der Waals surface area contributed by atoms with Crippen molar-refractivity contribution < 1.29 is 0 Å². The van der Waals surface area contributed by atoms with Crippen molar-refractivity contribution in [2.45, 2.75) is 33.2 Å². The van der Waals surface area contributed by atoms with Gasteiger partial charge in [-0.05, 0) is 38.0 Å². The molecule has 16 heavy (non-hydrogen) atoms. The first-order chi connectivity index (χ1) is 7.60.